The molecule has 0 heterocycles. The van der Waals surface area contributed by atoms with Gasteiger partial charge in [-0.15, -0.1) is 0 Å². The van der Waals surface area contributed by atoms with Crippen LogP contribution < -0.4 is 0 Å². The summed E-state index contributed by atoms with van der Waals surface area (Å²) in [4.78, 5) is 0. The molecule has 0 aliphatic heterocycles. The van der Waals surface area contributed by atoms with Gasteiger partial charge < -0.3 is 9.47 Å². The van der Waals surface area contributed by atoms with Gasteiger partial charge in [0.05, 0.1) is 26.4 Å². The van der Waals surface area contributed by atoms with E-state index in [2.05, 4.69) is 71.1 Å². The van der Waals surface area contributed by atoms with E-state index in [-0.39, 0.29) is 0 Å². The van der Waals surface area contributed by atoms with Crippen LogP contribution in [0, 0.1) is 11.8 Å². The van der Waals surface area contributed by atoms with Gasteiger partial charge in [-0.05, 0) is 11.1 Å². The fourth-order valence-corrected chi connectivity index (χ4v) is 3.85. The first kappa shape index (κ1) is 16.0. The Hall–Kier alpha value is -0.910. The van der Waals surface area contributed by atoms with Crippen molar-refractivity contribution in [3.63, 3.8) is 0 Å². The van der Waals surface area contributed by atoms with Crippen molar-refractivity contribution >= 4 is 22.6 Å². The molecule has 3 rings (SSSR count). The summed E-state index contributed by atoms with van der Waals surface area (Å²) in [6.45, 7) is 3.08. The van der Waals surface area contributed by atoms with E-state index in [0.29, 0.717) is 29.0 Å². The minimum absolute atomic E-state index is 0.639. The second-order valence-electron chi connectivity index (χ2n) is 5.77. The van der Waals surface area contributed by atoms with Crippen molar-refractivity contribution < 1.29 is 9.47 Å². The summed E-state index contributed by atoms with van der Waals surface area (Å²) >= 11 is 2.53. The molecule has 0 radical (unpaired) electrons. The Balaban J connectivity index is 1.33. The van der Waals surface area contributed by atoms with Crippen LogP contribution in [0.2, 0.25) is 0 Å². The third-order valence-electron chi connectivity index (χ3n) is 4.07. The molecule has 3 atom stereocenters. The molecule has 0 saturated heterocycles. The summed E-state index contributed by atoms with van der Waals surface area (Å²) < 4.78 is 12.4. The van der Waals surface area contributed by atoms with E-state index < -0.39 is 0 Å². The largest absolute Gasteiger partial charge is 0.376 e. The van der Waals surface area contributed by atoms with Gasteiger partial charge in [0.2, 0.25) is 0 Å². The standard InChI is InChI=1S/C19H21IO2/c20-19-17(13-21-11-15-7-3-1-4-8-15)18(19)14-22-12-16-9-5-2-6-10-16/h1-10,17-19H,11-14H2/t17-,18+,19?. The number of ether oxygens (including phenoxy) is 2. The molecule has 0 amide bonds. The highest BCUT2D eigenvalue weighted by atomic mass is 127. The van der Waals surface area contributed by atoms with Crippen LogP contribution in [0.4, 0.5) is 0 Å². The molecule has 3 heteroatoms. The lowest BCUT2D eigenvalue weighted by atomic mass is 10.2. The minimum atomic E-state index is 0.639. The minimum Gasteiger partial charge on any atom is -0.376 e. The highest BCUT2D eigenvalue weighted by Gasteiger charge is 2.48. The summed E-state index contributed by atoms with van der Waals surface area (Å²) in [5.74, 6) is 1.28. The SMILES string of the molecule is IC1[C@@H](COCc2ccccc2)[C@H]1COCc1ccccc1. The molecular weight excluding hydrogens is 387 g/mol. The predicted molar refractivity (Wildman–Crippen MR) is 97.0 cm³/mol. The van der Waals surface area contributed by atoms with Crippen molar-refractivity contribution in [2.45, 2.75) is 17.1 Å². The van der Waals surface area contributed by atoms with Gasteiger partial charge in [0.15, 0.2) is 0 Å². The lowest BCUT2D eigenvalue weighted by Gasteiger charge is -2.05. The van der Waals surface area contributed by atoms with E-state index in [1.165, 1.54) is 11.1 Å². The number of benzene rings is 2. The molecule has 0 bridgehead atoms. The molecule has 1 fully saturated rings. The van der Waals surface area contributed by atoms with E-state index in [1.54, 1.807) is 0 Å². The van der Waals surface area contributed by atoms with Gasteiger partial charge in [0.25, 0.3) is 0 Å². The Kier molecular flexibility index (Phi) is 5.87. The molecule has 116 valence electrons. The van der Waals surface area contributed by atoms with E-state index in [0.717, 1.165) is 13.2 Å². The third kappa shape index (κ3) is 4.54. The van der Waals surface area contributed by atoms with Crippen LogP contribution in [0.3, 0.4) is 0 Å². The quantitative estimate of drug-likeness (QED) is 0.474. The summed E-state index contributed by atoms with van der Waals surface area (Å²) in [6, 6.07) is 20.7. The lowest BCUT2D eigenvalue weighted by Crippen LogP contribution is -2.03. The Morgan fingerprint density at radius 3 is 1.50 bits per heavy atom. The van der Waals surface area contributed by atoms with Gasteiger partial charge in [-0.25, -0.2) is 0 Å². The molecule has 1 aliphatic rings. The van der Waals surface area contributed by atoms with Crippen molar-refractivity contribution in [3.8, 4) is 0 Å². The van der Waals surface area contributed by atoms with Crippen molar-refractivity contribution in [1.29, 1.82) is 0 Å². The topological polar surface area (TPSA) is 18.5 Å². The summed E-state index contributed by atoms with van der Waals surface area (Å²) in [6.07, 6.45) is 0. The molecule has 22 heavy (non-hydrogen) atoms. The predicted octanol–water partition coefficient (Wildman–Crippen LogP) is 4.47. The second kappa shape index (κ2) is 8.09. The zero-order valence-electron chi connectivity index (χ0n) is 12.5. The van der Waals surface area contributed by atoms with Crippen molar-refractivity contribution in [3.05, 3.63) is 71.8 Å². The molecule has 2 aromatic rings. The molecular formula is C19H21IO2. The van der Waals surface area contributed by atoms with Crippen LogP contribution >= 0.6 is 22.6 Å². The van der Waals surface area contributed by atoms with Crippen molar-refractivity contribution in [1.82, 2.24) is 0 Å². The molecule has 2 aromatic carbocycles. The molecule has 1 aliphatic carbocycles. The molecule has 0 spiro atoms. The van der Waals surface area contributed by atoms with Gasteiger partial charge >= 0.3 is 0 Å². The Morgan fingerprint density at radius 2 is 1.09 bits per heavy atom. The molecule has 2 nitrogen and oxygen atoms in total. The van der Waals surface area contributed by atoms with Gasteiger partial charge in [0, 0.05) is 15.8 Å². The number of alkyl halides is 1. The van der Waals surface area contributed by atoms with Crippen molar-refractivity contribution in [2.75, 3.05) is 13.2 Å². The fraction of sp³-hybridized carbons (Fsp3) is 0.368. The number of halogens is 1. The van der Waals surface area contributed by atoms with Crippen molar-refractivity contribution in [2.24, 2.45) is 11.8 Å². The van der Waals surface area contributed by atoms with Crippen LogP contribution in [-0.2, 0) is 22.7 Å². The maximum absolute atomic E-state index is 5.85. The van der Waals surface area contributed by atoms with E-state index in [9.17, 15) is 0 Å². The first-order valence-electron chi connectivity index (χ1n) is 7.72. The van der Waals surface area contributed by atoms with Crippen LogP contribution in [0.15, 0.2) is 60.7 Å². The Bertz CT molecular complexity index is 507. The van der Waals surface area contributed by atoms with Gasteiger partial charge in [0.1, 0.15) is 0 Å². The normalized spacial score (nSPS) is 23.4. The maximum Gasteiger partial charge on any atom is 0.0717 e. The molecule has 0 aromatic heterocycles. The fourth-order valence-electron chi connectivity index (χ4n) is 2.60. The first-order chi connectivity index (χ1) is 10.8. The number of hydrogen-bond donors (Lipinski definition) is 0. The smallest absolute Gasteiger partial charge is 0.0717 e. The number of rotatable bonds is 8. The lowest BCUT2D eigenvalue weighted by molar-refractivity contribution is 0.0840. The highest BCUT2D eigenvalue weighted by Crippen LogP contribution is 2.46. The summed E-state index contributed by atoms with van der Waals surface area (Å²) in [5, 5.41) is 0. The zero-order valence-corrected chi connectivity index (χ0v) is 14.7. The molecule has 1 unspecified atom stereocenters. The zero-order chi connectivity index (χ0) is 15.2. The van der Waals surface area contributed by atoms with Gasteiger partial charge in [-0.1, -0.05) is 83.3 Å². The second-order valence-corrected chi connectivity index (χ2v) is 7.21. The van der Waals surface area contributed by atoms with E-state index in [1.807, 2.05) is 12.1 Å². The third-order valence-corrected chi connectivity index (χ3v) is 5.92. The highest BCUT2D eigenvalue weighted by molar-refractivity contribution is 14.1. The Labute approximate surface area is 146 Å². The average molecular weight is 408 g/mol. The first-order valence-corrected chi connectivity index (χ1v) is 8.96. The van der Waals surface area contributed by atoms with Gasteiger partial charge in [-0.2, -0.15) is 0 Å². The van der Waals surface area contributed by atoms with Crippen LogP contribution in [0.5, 0.6) is 0 Å². The monoisotopic (exact) mass is 408 g/mol. The van der Waals surface area contributed by atoms with Crippen LogP contribution in [0.1, 0.15) is 11.1 Å². The number of hydrogen-bond acceptors (Lipinski definition) is 2. The molecule has 1 saturated carbocycles. The summed E-state index contributed by atoms with van der Waals surface area (Å²) in [5.41, 5.74) is 2.48. The maximum atomic E-state index is 5.85. The Morgan fingerprint density at radius 1 is 0.682 bits per heavy atom. The van der Waals surface area contributed by atoms with Crippen LogP contribution in [-0.4, -0.2) is 17.1 Å². The molecule has 0 N–H and O–H groups in total. The van der Waals surface area contributed by atoms with Crippen LogP contribution in [0.25, 0.3) is 0 Å². The van der Waals surface area contributed by atoms with Gasteiger partial charge in [-0.3, -0.25) is 0 Å². The summed E-state index contributed by atoms with van der Waals surface area (Å²) in [7, 11) is 0. The van der Waals surface area contributed by atoms with E-state index in [4.69, 9.17) is 9.47 Å². The van der Waals surface area contributed by atoms with E-state index >= 15 is 0 Å². The average Bonchev–Trinajstić information content (AvgIpc) is 3.18.